The molecular formula is C11H15N3O3. The maximum absolute atomic E-state index is 11.1. The largest absolute Gasteiger partial charge is 0.464 e. The SMILES string of the molecule is COC(=O)c1cnc(NCC2(O)CCC2)cn1. The van der Waals surface area contributed by atoms with Gasteiger partial charge in [0.2, 0.25) is 0 Å². The summed E-state index contributed by atoms with van der Waals surface area (Å²) in [6.07, 6.45) is 5.49. The van der Waals surface area contributed by atoms with Gasteiger partial charge in [0, 0.05) is 6.54 Å². The molecule has 1 aromatic rings. The zero-order valence-electron chi connectivity index (χ0n) is 9.64. The number of methoxy groups -OCH3 is 1. The van der Waals surface area contributed by atoms with Crippen molar-refractivity contribution in [1.82, 2.24) is 9.97 Å². The lowest BCUT2D eigenvalue weighted by molar-refractivity contribution is -0.0202. The first-order valence-electron chi connectivity index (χ1n) is 5.50. The van der Waals surface area contributed by atoms with Gasteiger partial charge in [-0.3, -0.25) is 0 Å². The van der Waals surface area contributed by atoms with E-state index in [1.807, 2.05) is 0 Å². The number of aliphatic hydroxyl groups is 1. The second-order valence-corrected chi connectivity index (χ2v) is 4.21. The van der Waals surface area contributed by atoms with Crippen LogP contribution in [0.4, 0.5) is 5.82 Å². The monoisotopic (exact) mass is 237 g/mol. The van der Waals surface area contributed by atoms with Crippen molar-refractivity contribution in [3.63, 3.8) is 0 Å². The Hall–Kier alpha value is -1.69. The van der Waals surface area contributed by atoms with Crippen molar-refractivity contribution in [1.29, 1.82) is 0 Å². The predicted octanol–water partition coefficient (Wildman–Crippen LogP) is 0.590. The molecule has 0 amide bonds. The first kappa shape index (κ1) is 11.8. The van der Waals surface area contributed by atoms with Gasteiger partial charge in [-0.1, -0.05) is 0 Å². The summed E-state index contributed by atoms with van der Waals surface area (Å²) in [6.45, 7) is 0.458. The van der Waals surface area contributed by atoms with Gasteiger partial charge in [-0.15, -0.1) is 0 Å². The van der Waals surface area contributed by atoms with Crippen molar-refractivity contribution in [2.24, 2.45) is 0 Å². The van der Waals surface area contributed by atoms with Crippen molar-refractivity contribution in [2.75, 3.05) is 19.0 Å². The number of carbonyl (C=O) groups is 1. The number of ether oxygens (including phenoxy) is 1. The van der Waals surface area contributed by atoms with E-state index in [1.54, 1.807) is 0 Å². The van der Waals surface area contributed by atoms with Crippen LogP contribution in [-0.2, 0) is 4.74 Å². The number of anilines is 1. The third kappa shape index (κ3) is 2.71. The Labute approximate surface area is 99.0 Å². The summed E-state index contributed by atoms with van der Waals surface area (Å²) >= 11 is 0. The molecule has 2 N–H and O–H groups in total. The van der Waals surface area contributed by atoms with Crippen LogP contribution in [0.25, 0.3) is 0 Å². The van der Waals surface area contributed by atoms with Gasteiger partial charge in [-0.25, -0.2) is 14.8 Å². The third-order valence-corrected chi connectivity index (χ3v) is 2.93. The molecule has 0 spiro atoms. The molecule has 0 atom stereocenters. The molecular weight excluding hydrogens is 222 g/mol. The number of hydrogen-bond acceptors (Lipinski definition) is 6. The Morgan fingerprint density at radius 3 is 2.76 bits per heavy atom. The molecule has 6 heteroatoms. The minimum Gasteiger partial charge on any atom is -0.464 e. The topological polar surface area (TPSA) is 84.3 Å². The molecule has 1 aliphatic rings. The van der Waals surface area contributed by atoms with Gasteiger partial charge in [0.05, 0.1) is 25.1 Å². The lowest BCUT2D eigenvalue weighted by atomic mass is 9.80. The summed E-state index contributed by atoms with van der Waals surface area (Å²) in [4.78, 5) is 19.0. The van der Waals surface area contributed by atoms with Gasteiger partial charge >= 0.3 is 5.97 Å². The van der Waals surface area contributed by atoms with Crippen LogP contribution in [0.15, 0.2) is 12.4 Å². The van der Waals surface area contributed by atoms with Gasteiger partial charge in [0.1, 0.15) is 5.82 Å². The number of rotatable bonds is 4. The van der Waals surface area contributed by atoms with Crippen molar-refractivity contribution in [2.45, 2.75) is 24.9 Å². The maximum Gasteiger partial charge on any atom is 0.358 e. The molecule has 1 heterocycles. The second kappa shape index (κ2) is 4.67. The fourth-order valence-corrected chi connectivity index (χ4v) is 1.65. The van der Waals surface area contributed by atoms with E-state index in [4.69, 9.17) is 0 Å². The van der Waals surface area contributed by atoms with Gasteiger partial charge in [-0.05, 0) is 19.3 Å². The molecule has 0 radical (unpaired) electrons. The fourth-order valence-electron chi connectivity index (χ4n) is 1.65. The number of nitrogens with zero attached hydrogens (tertiary/aromatic N) is 2. The smallest absolute Gasteiger partial charge is 0.358 e. The molecule has 1 aromatic heterocycles. The van der Waals surface area contributed by atoms with Crippen LogP contribution in [0, 0.1) is 0 Å². The van der Waals surface area contributed by atoms with Crippen LogP contribution >= 0.6 is 0 Å². The highest BCUT2D eigenvalue weighted by atomic mass is 16.5. The predicted molar refractivity (Wildman–Crippen MR) is 60.7 cm³/mol. The summed E-state index contributed by atoms with van der Waals surface area (Å²) in [7, 11) is 1.29. The number of esters is 1. The molecule has 0 unspecified atom stereocenters. The van der Waals surface area contributed by atoms with E-state index in [9.17, 15) is 9.90 Å². The molecule has 1 aliphatic carbocycles. The zero-order chi connectivity index (χ0) is 12.3. The minimum absolute atomic E-state index is 0.167. The van der Waals surface area contributed by atoms with Crippen LogP contribution in [0.5, 0.6) is 0 Å². The molecule has 92 valence electrons. The molecule has 17 heavy (non-hydrogen) atoms. The summed E-state index contributed by atoms with van der Waals surface area (Å²) < 4.78 is 4.52. The number of hydrogen-bond donors (Lipinski definition) is 2. The molecule has 0 aliphatic heterocycles. The molecule has 0 bridgehead atoms. The van der Waals surface area contributed by atoms with E-state index in [0.717, 1.165) is 19.3 Å². The number of carbonyl (C=O) groups excluding carboxylic acids is 1. The Morgan fingerprint density at radius 1 is 1.53 bits per heavy atom. The lowest BCUT2D eigenvalue weighted by Crippen LogP contribution is -2.43. The Kier molecular flexibility index (Phi) is 3.23. The second-order valence-electron chi connectivity index (χ2n) is 4.21. The van der Waals surface area contributed by atoms with E-state index in [-0.39, 0.29) is 5.69 Å². The van der Waals surface area contributed by atoms with Crippen molar-refractivity contribution < 1.29 is 14.6 Å². The fraction of sp³-hybridized carbons (Fsp3) is 0.545. The van der Waals surface area contributed by atoms with Crippen molar-refractivity contribution in [3.05, 3.63) is 18.1 Å². The normalized spacial score (nSPS) is 17.1. The minimum atomic E-state index is -0.608. The molecule has 0 saturated heterocycles. The van der Waals surface area contributed by atoms with E-state index >= 15 is 0 Å². The zero-order valence-corrected chi connectivity index (χ0v) is 9.64. The highest BCUT2D eigenvalue weighted by molar-refractivity contribution is 5.86. The summed E-state index contributed by atoms with van der Waals surface area (Å²) in [5.41, 5.74) is -0.441. The molecule has 6 nitrogen and oxygen atoms in total. The number of nitrogens with one attached hydrogen (secondary N) is 1. The average molecular weight is 237 g/mol. The summed E-state index contributed by atoms with van der Waals surface area (Å²) in [5, 5.41) is 12.9. The first-order valence-corrected chi connectivity index (χ1v) is 5.50. The lowest BCUT2D eigenvalue weighted by Gasteiger charge is -2.36. The van der Waals surface area contributed by atoms with Gasteiger partial charge in [0.15, 0.2) is 5.69 Å². The van der Waals surface area contributed by atoms with E-state index in [2.05, 4.69) is 20.0 Å². The van der Waals surface area contributed by atoms with E-state index in [1.165, 1.54) is 19.5 Å². The van der Waals surface area contributed by atoms with E-state index in [0.29, 0.717) is 12.4 Å². The summed E-state index contributed by atoms with van der Waals surface area (Å²) in [5.74, 6) is 0.0275. The van der Waals surface area contributed by atoms with Crippen molar-refractivity contribution in [3.8, 4) is 0 Å². The van der Waals surface area contributed by atoms with Crippen molar-refractivity contribution >= 4 is 11.8 Å². The molecule has 2 rings (SSSR count). The Balaban J connectivity index is 1.91. The highest BCUT2D eigenvalue weighted by Crippen LogP contribution is 2.31. The van der Waals surface area contributed by atoms with Crippen LogP contribution in [0.1, 0.15) is 29.8 Å². The summed E-state index contributed by atoms with van der Waals surface area (Å²) in [6, 6.07) is 0. The molecule has 0 aromatic carbocycles. The third-order valence-electron chi connectivity index (χ3n) is 2.93. The average Bonchev–Trinajstić information content (AvgIpc) is 2.33. The maximum atomic E-state index is 11.1. The van der Waals surface area contributed by atoms with Crippen LogP contribution in [0.3, 0.4) is 0 Å². The van der Waals surface area contributed by atoms with Gasteiger partial charge in [0.25, 0.3) is 0 Å². The standard InChI is InChI=1S/C11H15N3O3/c1-17-10(15)8-5-13-9(6-12-8)14-7-11(16)3-2-4-11/h5-6,16H,2-4,7H2,1H3,(H,13,14). The Morgan fingerprint density at radius 2 is 2.29 bits per heavy atom. The Bertz CT molecular complexity index is 401. The van der Waals surface area contributed by atoms with Crippen LogP contribution in [-0.4, -0.2) is 40.3 Å². The molecule has 1 saturated carbocycles. The van der Waals surface area contributed by atoms with Gasteiger partial charge < -0.3 is 15.2 Å². The highest BCUT2D eigenvalue weighted by Gasteiger charge is 2.34. The first-order chi connectivity index (χ1) is 8.13. The van der Waals surface area contributed by atoms with Crippen LogP contribution < -0.4 is 5.32 Å². The van der Waals surface area contributed by atoms with E-state index < -0.39 is 11.6 Å². The number of aromatic nitrogens is 2. The van der Waals surface area contributed by atoms with Gasteiger partial charge in [-0.2, -0.15) is 0 Å². The van der Waals surface area contributed by atoms with Crippen LogP contribution in [0.2, 0.25) is 0 Å². The quantitative estimate of drug-likeness (QED) is 0.745. The molecule has 1 fully saturated rings.